The number of aliphatic carboxylic acids is 1. The topological polar surface area (TPSA) is 70.6 Å². The molecule has 3 rings (SSSR count). The monoisotopic (exact) mass is 488 g/mol. The number of thiocarbonyl (C=S) groups is 2. The smallest absolute Gasteiger partial charge is 0.303 e. The maximum Gasteiger partial charge on any atom is 0.303 e. The fraction of sp³-hybridized carbons (Fsp3) is 0.577. The highest BCUT2D eigenvalue weighted by molar-refractivity contribution is 7.80. The number of carboxylic acid groups (broad SMARTS) is 1. The van der Waals surface area contributed by atoms with Gasteiger partial charge in [-0.25, -0.2) is 0 Å². The number of nitrogens with one attached hydrogen (secondary N) is 2. The van der Waals surface area contributed by atoms with Gasteiger partial charge in [0.05, 0.1) is 28.7 Å². The van der Waals surface area contributed by atoms with E-state index in [0.29, 0.717) is 37.0 Å². The molecule has 5 nitrogen and oxygen atoms in total. The molecule has 7 heteroatoms. The Bertz CT molecular complexity index is 815. The number of allylic oxidation sites excluding steroid dienone is 2. The summed E-state index contributed by atoms with van der Waals surface area (Å²) in [4.78, 5) is 12.3. The Hall–Kier alpha value is -1.83. The Balaban J connectivity index is 1.32. The summed E-state index contributed by atoms with van der Waals surface area (Å²) < 4.78 is 6.19. The lowest BCUT2D eigenvalue weighted by atomic mass is 9.77. The molecule has 0 unspecified atom stereocenters. The van der Waals surface area contributed by atoms with Crippen molar-refractivity contribution in [3.05, 3.63) is 48.0 Å². The minimum Gasteiger partial charge on any atom is -0.481 e. The molecule has 2 bridgehead atoms. The van der Waals surface area contributed by atoms with Crippen LogP contribution in [0.4, 0.5) is 0 Å². The van der Waals surface area contributed by atoms with E-state index in [1.165, 1.54) is 5.56 Å². The highest BCUT2D eigenvalue weighted by atomic mass is 32.1. The molecule has 0 spiro atoms. The van der Waals surface area contributed by atoms with Crippen LogP contribution in [0.2, 0.25) is 0 Å². The van der Waals surface area contributed by atoms with Crippen LogP contribution in [-0.4, -0.2) is 46.4 Å². The Kier molecular flexibility index (Phi) is 10.8. The molecular formula is C26H36N2O3S2. The third-order valence-electron chi connectivity index (χ3n) is 6.62. The molecule has 33 heavy (non-hydrogen) atoms. The zero-order chi connectivity index (χ0) is 23.5. The first kappa shape index (κ1) is 25.8. The van der Waals surface area contributed by atoms with Gasteiger partial charge in [-0.1, -0.05) is 66.9 Å². The van der Waals surface area contributed by atoms with Gasteiger partial charge in [-0.15, -0.1) is 0 Å². The maximum atomic E-state index is 10.6. The number of ether oxygens (including phenoxy) is 1. The van der Waals surface area contributed by atoms with Gasteiger partial charge < -0.3 is 20.5 Å². The second-order valence-corrected chi connectivity index (χ2v) is 10.0. The Morgan fingerprint density at radius 3 is 2.52 bits per heavy atom. The van der Waals surface area contributed by atoms with Gasteiger partial charge in [0, 0.05) is 18.9 Å². The Morgan fingerprint density at radius 2 is 1.76 bits per heavy atom. The number of hydrogen-bond acceptors (Lipinski definition) is 4. The van der Waals surface area contributed by atoms with Crippen LogP contribution in [0.25, 0.3) is 0 Å². The van der Waals surface area contributed by atoms with E-state index in [0.717, 1.165) is 61.5 Å². The molecule has 2 aliphatic rings. The average Bonchev–Trinajstić information content (AvgIpc) is 3.41. The van der Waals surface area contributed by atoms with Crippen LogP contribution in [0, 0.1) is 11.8 Å². The van der Waals surface area contributed by atoms with E-state index >= 15 is 0 Å². The predicted molar refractivity (Wildman–Crippen MR) is 141 cm³/mol. The lowest BCUT2D eigenvalue weighted by Gasteiger charge is -2.28. The van der Waals surface area contributed by atoms with Crippen molar-refractivity contribution < 1.29 is 14.6 Å². The molecule has 2 aliphatic heterocycles. The van der Waals surface area contributed by atoms with E-state index < -0.39 is 5.97 Å². The zero-order valence-corrected chi connectivity index (χ0v) is 20.8. The highest BCUT2D eigenvalue weighted by Gasteiger charge is 2.47. The first-order chi connectivity index (χ1) is 16.0. The molecule has 0 aromatic heterocycles. The van der Waals surface area contributed by atoms with Crippen LogP contribution >= 0.6 is 24.4 Å². The number of unbranched alkanes of at least 4 members (excludes halogenated alkanes) is 1. The number of fused-ring (bicyclic) bond motifs is 2. The first-order valence-electron chi connectivity index (χ1n) is 12.1. The summed E-state index contributed by atoms with van der Waals surface area (Å²) in [6.45, 7) is 1.41. The molecule has 0 amide bonds. The van der Waals surface area contributed by atoms with Gasteiger partial charge in [-0.05, 0) is 62.8 Å². The van der Waals surface area contributed by atoms with Crippen LogP contribution in [0.5, 0.6) is 0 Å². The summed E-state index contributed by atoms with van der Waals surface area (Å²) in [7, 11) is 0. The summed E-state index contributed by atoms with van der Waals surface area (Å²) in [6, 6.07) is 10.5. The van der Waals surface area contributed by atoms with E-state index in [2.05, 4.69) is 47.1 Å². The quantitative estimate of drug-likeness (QED) is 0.197. The van der Waals surface area contributed by atoms with E-state index in [1.54, 1.807) is 0 Å². The van der Waals surface area contributed by atoms with Gasteiger partial charge in [0.25, 0.3) is 0 Å². The van der Waals surface area contributed by atoms with Crippen LogP contribution < -0.4 is 10.6 Å². The third kappa shape index (κ3) is 8.80. The van der Waals surface area contributed by atoms with Crippen molar-refractivity contribution >= 4 is 40.4 Å². The normalized spacial score (nSPS) is 23.6. The largest absolute Gasteiger partial charge is 0.481 e. The SMILES string of the molecule is O=C(O)CCC/C=C\C[C@@H]1[C@H](CNC(=S)CNC(=S)CCCc2ccccc2)[C@@H]2CC[C@H]1O2. The molecule has 1 aromatic carbocycles. The lowest BCUT2D eigenvalue weighted by molar-refractivity contribution is -0.137. The summed E-state index contributed by atoms with van der Waals surface area (Å²) >= 11 is 11.0. The van der Waals surface area contributed by atoms with Crippen LogP contribution in [0.3, 0.4) is 0 Å². The molecule has 3 N–H and O–H groups in total. The molecule has 2 heterocycles. The zero-order valence-electron chi connectivity index (χ0n) is 19.2. The Labute approximate surface area is 208 Å². The number of benzene rings is 1. The van der Waals surface area contributed by atoms with Gasteiger partial charge in [0.15, 0.2) is 0 Å². The van der Waals surface area contributed by atoms with Crippen molar-refractivity contribution in [3.63, 3.8) is 0 Å². The van der Waals surface area contributed by atoms with Crippen LogP contribution in [-0.2, 0) is 16.0 Å². The molecule has 4 atom stereocenters. The van der Waals surface area contributed by atoms with Gasteiger partial charge in [-0.3, -0.25) is 4.79 Å². The number of hydrogen-bond donors (Lipinski definition) is 3. The Morgan fingerprint density at radius 1 is 1.00 bits per heavy atom. The number of aryl methyl sites for hydroxylation is 1. The van der Waals surface area contributed by atoms with Crippen LogP contribution in [0.15, 0.2) is 42.5 Å². The second kappa shape index (κ2) is 13.8. The van der Waals surface area contributed by atoms with Crippen molar-refractivity contribution in [1.29, 1.82) is 0 Å². The summed E-state index contributed by atoms with van der Waals surface area (Å²) in [5.74, 6) is 0.236. The van der Waals surface area contributed by atoms with E-state index in [1.807, 2.05) is 6.07 Å². The molecule has 2 saturated heterocycles. The molecule has 0 radical (unpaired) electrons. The predicted octanol–water partition coefficient (Wildman–Crippen LogP) is 4.84. The standard InChI is InChI=1S/C26H36N2O3S2/c29-26(30)14-7-2-1-6-12-20-21(23-16-15-22(20)31-23)17-27-25(33)18-28-24(32)13-8-11-19-9-4-3-5-10-19/h1,3-6,9-10,20-23H,2,7-8,11-18H2,(H,27,33)(H,28,32)(H,29,30)/b6-1-/t20-,21+,22-,23+/m1/s1. The van der Waals surface area contributed by atoms with Gasteiger partial charge in [0.2, 0.25) is 0 Å². The van der Waals surface area contributed by atoms with Gasteiger partial charge in [-0.2, -0.15) is 0 Å². The van der Waals surface area contributed by atoms with E-state index in [9.17, 15) is 4.79 Å². The molecule has 0 aliphatic carbocycles. The number of carboxylic acids is 1. The maximum absolute atomic E-state index is 10.6. The van der Waals surface area contributed by atoms with Crippen molar-refractivity contribution in [2.75, 3.05) is 13.1 Å². The lowest BCUT2D eigenvalue weighted by Crippen LogP contribution is -2.41. The van der Waals surface area contributed by atoms with E-state index in [-0.39, 0.29) is 6.42 Å². The third-order valence-corrected chi connectivity index (χ3v) is 7.26. The summed E-state index contributed by atoms with van der Waals surface area (Å²) in [5, 5.41) is 15.5. The molecule has 1 aromatic rings. The van der Waals surface area contributed by atoms with Crippen molar-refractivity contribution in [2.45, 2.75) is 70.0 Å². The van der Waals surface area contributed by atoms with Crippen molar-refractivity contribution in [1.82, 2.24) is 10.6 Å². The fourth-order valence-electron chi connectivity index (χ4n) is 4.88. The van der Waals surface area contributed by atoms with Crippen LogP contribution in [0.1, 0.15) is 56.9 Å². The second-order valence-electron chi connectivity index (χ2n) is 9.03. The van der Waals surface area contributed by atoms with Gasteiger partial charge >= 0.3 is 5.97 Å². The highest BCUT2D eigenvalue weighted by Crippen LogP contribution is 2.44. The van der Waals surface area contributed by atoms with Crippen molar-refractivity contribution in [3.8, 4) is 0 Å². The van der Waals surface area contributed by atoms with E-state index in [4.69, 9.17) is 34.3 Å². The molecule has 180 valence electrons. The molecular weight excluding hydrogens is 452 g/mol. The van der Waals surface area contributed by atoms with Gasteiger partial charge in [0.1, 0.15) is 0 Å². The minimum absolute atomic E-state index is 0.232. The summed E-state index contributed by atoms with van der Waals surface area (Å²) in [6.07, 6.45) is 12.9. The first-order valence-corrected chi connectivity index (χ1v) is 12.9. The number of rotatable bonds is 14. The molecule has 2 fully saturated rings. The fourth-order valence-corrected chi connectivity index (χ4v) is 5.25. The van der Waals surface area contributed by atoms with Crippen molar-refractivity contribution in [2.24, 2.45) is 11.8 Å². The average molecular weight is 489 g/mol. The number of carbonyl (C=O) groups is 1. The minimum atomic E-state index is -0.727. The summed E-state index contributed by atoms with van der Waals surface area (Å²) in [5.41, 5.74) is 1.34. The molecule has 0 saturated carbocycles.